The van der Waals surface area contributed by atoms with Crippen LogP contribution in [0.2, 0.25) is 0 Å². The number of ketones is 1. The zero-order valence-corrected chi connectivity index (χ0v) is 12.3. The van der Waals surface area contributed by atoms with Crippen molar-refractivity contribution in [2.24, 2.45) is 0 Å². The standard InChI is InChI=1S/C14H20N2OS/c1-5-16-12(8-11(15-16)9(2)3)14-7-6-13(18-14)10(4)17/h7-9,13H,5-6H2,1-4H3. The smallest absolute Gasteiger partial charge is 0.143 e. The molecule has 1 aliphatic rings. The average Bonchev–Trinajstić information content (AvgIpc) is 2.95. The number of rotatable bonds is 4. The van der Waals surface area contributed by atoms with Gasteiger partial charge in [0.05, 0.1) is 16.6 Å². The molecule has 0 N–H and O–H groups in total. The number of aromatic nitrogens is 2. The third kappa shape index (κ3) is 2.53. The van der Waals surface area contributed by atoms with Gasteiger partial charge in [-0.2, -0.15) is 5.10 Å². The molecule has 0 fully saturated rings. The lowest BCUT2D eigenvalue weighted by molar-refractivity contribution is -0.116. The van der Waals surface area contributed by atoms with Crippen molar-refractivity contribution >= 4 is 22.5 Å². The molecule has 1 atom stereocenters. The van der Waals surface area contributed by atoms with Crippen LogP contribution in [0.3, 0.4) is 0 Å². The number of thioether (sulfide) groups is 1. The van der Waals surface area contributed by atoms with E-state index in [4.69, 9.17) is 0 Å². The third-order valence-electron chi connectivity index (χ3n) is 3.18. The molecule has 0 bridgehead atoms. The highest BCUT2D eigenvalue weighted by Crippen LogP contribution is 2.40. The Kier molecular flexibility index (Phi) is 3.95. The number of hydrogen-bond acceptors (Lipinski definition) is 3. The van der Waals surface area contributed by atoms with Crippen molar-refractivity contribution in [3.05, 3.63) is 23.5 Å². The van der Waals surface area contributed by atoms with E-state index in [-0.39, 0.29) is 11.0 Å². The van der Waals surface area contributed by atoms with Crippen molar-refractivity contribution in [3.63, 3.8) is 0 Å². The number of hydrogen-bond donors (Lipinski definition) is 0. The largest absolute Gasteiger partial charge is 0.299 e. The maximum Gasteiger partial charge on any atom is 0.143 e. The second-order valence-corrected chi connectivity index (χ2v) is 6.19. The van der Waals surface area contributed by atoms with Gasteiger partial charge in [0.2, 0.25) is 0 Å². The van der Waals surface area contributed by atoms with Crippen LogP contribution in [0.15, 0.2) is 12.1 Å². The molecule has 18 heavy (non-hydrogen) atoms. The summed E-state index contributed by atoms with van der Waals surface area (Å²) in [6.45, 7) is 8.94. The van der Waals surface area contributed by atoms with Crippen LogP contribution in [-0.2, 0) is 11.3 Å². The van der Waals surface area contributed by atoms with E-state index in [0.29, 0.717) is 5.92 Å². The number of allylic oxidation sites excluding steroid dienone is 1. The first-order chi connectivity index (χ1) is 8.52. The fraction of sp³-hybridized carbons (Fsp3) is 0.571. The van der Waals surface area contributed by atoms with E-state index in [0.717, 1.165) is 24.4 Å². The summed E-state index contributed by atoms with van der Waals surface area (Å²) < 4.78 is 2.04. The molecule has 0 aromatic carbocycles. The third-order valence-corrected chi connectivity index (χ3v) is 4.62. The van der Waals surface area contributed by atoms with Crippen LogP contribution in [0.25, 0.3) is 4.91 Å². The Balaban J connectivity index is 2.26. The molecule has 2 rings (SSSR count). The van der Waals surface area contributed by atoms with E-state index in [1.165, 1.54) is 4.91 Å². The Bertz CT molecular complexity index is 488. The lowest BCUT2D eigenvalue weighted by Crippen LogP contribution is -2.09. The normalized spacial score (nSPS) is 19.4. The monoisotopic (exact) mass is 264 g/mol. The molecule has 0 saturated carbocycles. The van der Waals surface area contributed by atoms with Gasteiger partial charge in [-0.15, -0.1) is 11.8 Å². The minimum Gasteiger partial charge on any atom is -0.299 e. The Morgan fingerprint density at radius 2 is 2.33 bits per heavy atom. The van der Waals surface area contributed by atoms with Gasteiger partial charge in [0, 0.05) is 11.4 Å². The summed E-state index contributed by atoms with van der Waals surface area (Å²) in [5.41, 5.74) is 2.29. The van der Waals surface area contributed by atoms with Crippen molar-refractivity contribution in [2.45, 2.75) is 51.8 Å². The fourth-order valence-corrected chi connectivity index (χ4v) is 3.18. The van der Waals surface area contributed by atoms with Crippen LogP contribution in [0, 0.1) is 0 Å². The molecule has 0 aliphatic carbocycles. The lowest BCUT2D eigenvalue weighted by Gasteiger charge is -2.07. The van der Waals surface area contributed by atoms with Gasteiger partial charge in [-0.3, -0.25) is 9.48 Å². The first-order valence-electron chi connectivity index (χ1n) is 6.48. The molecule has 0 spiro atoms. The lowest BCUT2D eigenvalue weighted by atomic mass is 10.1. The fourth-order valence-electron chi connectivity index (χ4n) is 2.04. The molecule has 2 heterocycles. The maximum absolute atomic E-state index is 11.4. The van der Waals surface area contributed by atoms with Gasteiger partial charge >= 0.3 is 0 Å². The number of aryl methyl sites for hydroxylation is 1. The van der Waals surface area contributed by atoms with Crippen LogP contribution >= 0.6 is 11.8 Å². The van der Waals surface area contributed by atoms with Crippen LogP contribution in [0.1, 0.15) is 51.4 Å². The van der Waals surface area contributed by atoms with Gasteiger partial charge in [0.25, 0.3) is 0 Å². The van der Waals surface area contributed by atoms with E-state index < -0.39 is 0 Å². The van der Waals surface area contributed by atoms with Crippen LogP contribution in [0.5, 0.6) is 0 Å². The number of Topliss-reactive ketones (excluding diaryl/α,β-unsaturated/α-hetero) is 1. The summed E-state index contributed by atoms with van der Waals surface area (Å²) in [4.78, 5) is 12.6. The van der Waals surface area contributed by atoms with Gasteiger partial charge in [0.15, 0.2) is 0 Å². The zero-order chi connectivity index (χ0) is 13.3. The zero-order valence-electron chi connectivity index (χ0n) is 11.4. The molecular formula is C14H20N2OS. The van der Waals surface area contributed by atoms with Crippen molar-refractivity contribution in [3.8, 4) is 0 Å². The minimum atomic E-state index is 0.0997. The van der Waals surface area contributed by atoms with Gasteiger partial charge in [0.1, 0.15) is 5.78 Å². The van der Waals surface area contributed by atoms with Gasteiger partial charge in [-0.05, 0) is 32.3 Å². The molecule has 1 unspecified atom stereocenters. The number of carbonyl (C=O) groups is 1. The number of carbonyl (C=O) groups excluding carboxylic acids is 1. The van der Waals surface area contributed by atoms with Gasteiger partial charge in [-0.25, -0.2) is 0 Å². The summed E-state index contributed by atoms with van der Waals surface area (Å²) in [5, 5.41) is 4.72. The van der Waals surface area contributed by atoms with E-state index in [2.05, 4.69) is 38.0 Å². The van der Waals surface area contributed by atoms with Crippen molar-refractivity contribution in [1.29, 1.82) is 0 Å². The van der Waals surface area contributed by atoms with Crippen LogP contribution < -0.4 is 0 Å². The average molecular weight is 264 g/mol. The van der Waals surface area contributed by atoms with Crippen molar-refractivity contribution in [2.75, 3.05) is 0 Å². The van der Waals surface area contributed by atoms with Crippen LogP contribution in [-0.4, -0.2) is 20.8 Å². The summed E-state index contributed by atoms with van der Waals surface area (Å²) >= 11 is 1.68. The van der Waals surface area contributed by atoms with E-state index in [1.54, 1.807) is 18.7 Å². The molecule has 1 aromatic heterocycles. The predicted molar refractivity (Wildman–Crippen MR) is 76.6 cm³/mol. The van der Waals surface area contributed by atoms with Crippen molar-refractivity contribution in [1.82, 2.24) is 9.78 Å². The second kappa shape index (κ2) is 5.31. The summed E-state index contributed by atoms with van der Waals surface area (Å²) in [5.74, 6) is 0.699. The molecule has 0 amide bonds. The molecule has 1 aromatic rings. The Morgan fingerprint density at radius 3 is 2.83 bits per heavy atom. The Labute approximate surface area is 113 Å². The molecule has 98 valence electrons. The first-order valence-corrected chi connectivity index (χ1v) is 7.36. The Hall–Kier alpha value is -1.03. The predicted octanol–water partition coefficient (Wildman–Crippen LogP) is 3.46. The first kappa shape index (κ1) is 13.4. The molecule has 0 radical (unpaired) electrons. The summed E-state index contributed by atoms with van der Waals surface area (Å²) in [6, 6.07) is 2.16. The van der Waals surface area contributed by atoms with Crippen molar-refractivity contribution < 1.29 is 4.79 Å². The van der Waals surface area contributed by atoms with E-state index in [1.807, 2.05) is 4.68 Å². The summed E-state index contributed by atoms with van der Waals surface area (Å²) in [7, 11) is 0. The van der Waals surface area contributed by atoms with E-state index >= 15 is 0 Å². The molecule has 3 nitrogen and oxygen atoms in total. The van der Waals surface area contributed by atoms with Crippen LogP contribution in [0.4, 0.5) is 0 Å². The highest BCUT2D eigenvalue weighted by atomic mass is 32.2. The molecular weight excluding hydrogens is 244 g/mol. The van der Waals surface area contributed by atoms with E-state index in [9.17, 15) is 4.79 Å². The van der Waals surface area contributed by atoms with Gasteiger partial charge in [-0.1, -0.05) is 19.9 Å². The SMILES string of the molecule is CCn1nc(C(C)C)cc1C1=CCC(C(C)=O)S1. The summed E-state index contributed by atoms with van der Waals surface area (Å²) in [6.07, 6.45) is 3.02. The molecule has 1 aliphatic heterocycles. The minimum absolute atomic E-state index is 0.0997. The Morgan fingerprint density at radius 1 is 1.61 bits per heavy atom. The highest BCUT2D eigenvalue weighted by molar-refractivity contribution is 8.09. The number of nitrogens with zero attached hydrogens (tertiary/aromatic N) is 2. The van der Waals surface area contributed by atoms with Gasteiger partial charge < -0.3 is 0 Å². The molecule has 4 heteroatoms. The quantitative estimate of drug-likeness (QED) is 0.835. The topological polar surface area (TPSA) is 34.9 Å². The molecule has 0 saturated heterocycles. The highest BCUT2D eigenvalue weighted by Gasteiger charge is 2.25. The maximum atomic E-state index is 11.4. The second-order valence-electron chi connectivity index (χ2n) is 4.95.